The number of H-pyrrole nitrogens is 1. The van der Waals surface area contributed by atoms with Crippen molar-refractivity contribution in [2.24, 2.45) is 0 Å². The van der Waals surface area contributed by atoms with E-state index in [-0.39, 0.29) is 6.10 Å². The van der Waals surface area contributed by atoms with Crippen molar-refractivity contribution >= 4 is 0 Å². The molecule has 2 rings (SSSR count). The van der Waals surface area contributed by atoms with Gasteiger partial charge in [0.2, 0.25) is 0 Å². The smallest absolute Gasteiger partial charge is 0.0667 e. The minimum absolute atomic E-state index is 0.147. The number of hydrogen-bond donors (Lipinski definition) is 2. The molecule has 2 N–H and O–H groups in total. The molecule has 4 heteroatoms. The molecule has 0 saturated carbocycles. The predicted molar refractivity (Wildman–Crippen MR) is 58.6 cm³/mol. The van der Waals surface area contributed by atoms with Crippen LogP contribution in [-0.2, 0) is 6.54 Å². The van der Waals surface area contributed by atoms with E-state index >= 15 is 0 Å². The van der Waals surface area contributed by atoms with Crippen molar-refractivity contribution in [3.63, 3.8) is 0 Å². The summed E-state index contributed by atoms with van der Waals surface area (Å²) in [4.78, 5) is 2.30. The van der Waals surface area contributed by atoms with Crippen LogP contribution >= 0.6 is 0 Å². The SMILES string of the molecule is Cc1n[nH]c(C)c1CN1CCC[C@@H](O)C1. The number of aryl methyl sites for hydroxylation is 2. The van der Waals surface area contributed by atoms with Crippen LogP contribution in [0.15, 0.2) is 0 Å². The molecule has 1 aliphatic heterocycles. The zero-order chi connectivity index (χ0) is 10.8. The molecule has 2 heterocycles. The van der Waals surface area contributed by atoms with Crippen LogP contribution in [0.4, 0.5) is 0 Å². The summed E-state index contributed by atoms with van der Waals surface area (Å²) < 4.78 is 0. The zero-order valence-corrected chi connectivity index (χ0v) is 9.45. The average Bonchev–Trinajstić information content (AvgIpc) is 2.50. The van der Waals surface area contributed by atoms with Crippen LogP contribution < -0.4 is 0 Å². The monoisotopic (exact) mass is 209 g/mol. The largest absolute Gasteiger partial charge is 0.392 e. The van der Waals surface area contributed by atoms with Crippen LogP contribution in [0.2, 0.25) is 0 Å². The lowest BCUT2D eigenvalue weighted by Crippen LogP contribution is -2.37. The molecule has 0 radical (unpaired) electrons. The minimum Gasteiger partial charge on any atom is -0.392 e. The number of aliphatic hydroxyl groups is 1. The Kier molecular flexibility index (Phi) is 3.07. The predicted octanol–water partition coefficient (Wildman–Crippen LogP) is 0.983. The Morgan fingerprint density at radius 2 is 2.33 bits per heavy atom. The Hall–Kier alpha value is -0.870. The summed E-state index contributed by atoms with van der Waals surface area (Å²) in [6.07, 6.45) is 1.89. The van der Waals surface area contributed by atoms with Gasteiger partial charge in [-0.05, 0) is 33.2 Å². The summed E-state index contributed by atoms with van der Waals surface area (Å²) in [5, 5.41) is 16.8. The van der Waals surface area contributed by atoms with E-state index in [1.54, 1.807) is 0 Å². The van der Waals surface area contributed by atoms with Crippen LogP contribution in [0.1, 0.15) is 29.8 Å². The third kappa shape index (κ3) is 2.38. The Morgan fingerprint density at radius 3 is 2.93 bits per heavy atom. The molecule has 1 aromatic rings. The summed E-state index contributed by atoms with van der Waals surface area (Å²) in [7, 11) is 0. The number of nitrogens with zero attached hydrogens (tertiary/aromatic N) is 2. The van der Waals surface area contributed by atoms with Gasteiger partial charge in [0, 0.05) is 24.3 Å². The van der Waals surface area contributed by atoms with Gasteiger partial charge in [0.05, 0.1) is 11.8 Å². The first-order valence-corrected chi connectivity index (χ1v) is 5.57. The van der Waals surface area contributed by atoms with Crippen molar-refractivity contribution in [2.45, 2.75) is 39.3 Å². The highest BCUT2D eigenvalue weighted by molar-refractivity contribution is 5.22. The topological polar surface area (TPSA) is 52.2 Å². The third-order valence-electron chi connectivity index (χ3n) is 3.14. The molecular formula is C11H19N3O. The van der Waals surface area contributed by atoms with Gasteiger partial charge in [0.25, 0.3) is 0 Å². The number of rotatable bonds is 2. The lowest BCUT2D eigenvalue weighted by molar-refractivity contribution is 0.0666. The lowest BCUT2D eigenvalue weighted by atomic mass is 10.1. The fourth-order valence-corrected chi connectivity index (χ4v) is 2.21. The van der Waals surface area contributed by atoms with E-state index in [1.807, 2.05) is 6.92 Å². The van der Waals surface area contributed by atoms with Crippen LogP contribution in [0.25, 0.3) is 0 Å². The van der Waals surface area contributed by atoms with Crippen molar-refractivity contribution in [1.29, 1.82) is 0 Å². The molecule has 0 unspecified atom stereocenters. The minimum atomic E-state index is -0.147. The van der Waals surface area contributed by atoms with Crippen molar-refractivity contribution in [3.8, 4) is 0 Å². The summed E-state index contributed by atoms with van der Waals surface area (Å²) >= 11 is 0. The van der Waals surface area contributed by atoms with Gasteiger partial charge in [-0.1, -0.05) is 0 Å². The Bertz CT molecular complexity index is 315. The molecule has 0 aliphatic carbocycles. The molecule has 1 saturated heterocycles. The summed E-state index contributed by atoms with van der Waals surface area (Å²) in [5.74, 6) is 0. The van der Waals surface area contributed by atoms with E-state index in [2.05, 4.69) is 22.0 Å². The van der Waals surface area contributed by atoms with E-state index in [0.29, 0.717) is 0 Å². The number of nitrogens with one attached hydrogen (secondary N) is 1. The maximum atomic E-state index is 9.58. The molecule has 0 spiro atoms. The lowest BCUT2D eigenvalue weighted by Gasteiger charge is -2.29. The highest BCUT2D eigenvalue weighted by Gasteiger charge is 2.19. The average molecular weight is 209 g/mol. The third-order valence-corrected chi connectivity index (χ3v) is 3.14. The Morgan fingerprint density at radius 1 is 1.53 bits per heavy atom. The van der Waals surface area contributed by atoms with Gasteiger partial charge in [0.15, 0.2) is 0 Å². The van der Waals surface area contributed by atoms with E-state index < -0.39 is 0 Å². The van der Waals surface area contributed by atoms with Crippen LogP contribution in [0, 0.1) is 13.8 Å². The molecule has 1 aliphatic rings. The van der Waals surface area contributed by atoms with Crippen molar-refractivity contribution in [2.75, 3.05) is 13.1 Å². The van der Waals surface area contributed by atoms with Gasteiger partial charge < -0.3 is 5.11 Å². The quantitative estimate of drug-likeness (QED) is 0.763. The Labute approximate surface area is 90.3 Å². The van der Waals surface area contributed by atoms with E-state index in [0.717, 1.165) is 43.9 Å². The highest BCUT2D eigenvalue weighted by atomic mass is 16.3. The molecule has 1 aromatic heterocycles. The molecule has 0 aromatic carbocycles. The van der Waals surface area contributed by atoms with Gasteiger partial charge in [-0.15, -0.1) is 0 Å². The first-order chi connectivity index (χ1) is 7.16. The summed E-state index contributed by atoms with van der Waals surface area (Å²) in [5.41, 5.74) is 3.50. The second-order valence-corrected chi connectivity index (χ2v) is 4.44. The fourth-order valence-electron chi connectivity index (χ4n) is 2.21. The fraction of sp³-hybridized carbons (Fsp3) is 0.727. The van der Waals surface area contributed by atoms with Gasteiger partial charge in [0.1, 0.15) is 0 Å². The second kappa shape index (κ2) is 4.33. The van der Waals surface area contributed by atoms with Gasteiger partial charge >= 0.3 is 0 Å². The van der Waals surface area contributed by atoms with E-state index in [9.17, 15) is 5.11 Å². The normalized spacial score (nSPS) is 23.3. The number of aromatic nitrogens is 2. The summed E-state index contributed by atoms with van der Waals surface area (Å²) in [6.45, 7) is 6.87. The first kappa shape index (κ1) is 10.6. The van der Waals surface area contributed by atoms with Gasteiger partial charge in [-0.3, -0.25) is 10.00 Å². The molecule has 15 heavy (non-hydrogen) atoms. The number of hydrogen-bond acceptors (Lipinski definition) is 3. The number of likely N-dealkylation sites (tertiary alicyclic amines) is 1. The van der Waals surface area contributed by atoms with E-state index in [4.69, 9.17) is 0 Å². The number of aromatic amines is 1. The van der Waals surface area contributed by atoms with Crippen LogP contribution in [0.3, 0.4) is 0 Å². The second-order valence-electron chi connectivity index (χ2n) is 4.44. The maximum Gasteiger partial charge on any atom is 0.0667 e. The van der Waals surface area contributed by atoms with Crippen LogP contribution in [0.5, 0.6) is 0 Å². The molecule has 0 amide bonds. The molecular weight excluding hydrogens is 190 g/mol. The zero-order valence-electron chi connectivity index (χ0n) is 9.45. The number of aliphatic hydroxyl groups excluding tert-OH is 1. The molecule has 1 atom stereocenters. The standard InChI is InChI=1S/C11H19N3O/c1-8-11(9(2)13-12-8)7-14-5-3-4-10(15)6-14/h10,15H,3-7H2,1-2H3,(H,12,13)/t10-/m1/s1. The van der Waals surface area contributed by atoms with Crippen molar-refractivity contribution in [3.05, 3.63) is 17.0 Å². The number of piperidine rings is 1. The highest BCUT2D eigenvalue weighted by Crippen LogP contribution is 2.16. The maximum absolute atomic E-state index is 9.58. The molecule has 84 valence electrons. The summed E-state index contributed by atoms with van der Waals surface area (Å²) in [6, 6.07) is 0. The van der Waals surface area contributed by atoms with Gasteiger partial charge in [-0.25, -0.2) is 0 Å². The number of β-amino-alcohol motifs (C(OH)–C–C–N with tert-alkyl or cyclic N) is 1. The Balaban J connectivity index is 2.02. The van der Waals surface area contributed by atoms with Crippen LogP contribution in [-0.4, -0.2) is 39.4 Å². The molecule has 1 fully saturated rings. The van der Waals surface area contributed by atoms with Gasteiger partial charge in [-0.2, -0.15) is 5.10 Å². The van der Waals surface area contributed by atoms with Crippen molar-refractivity contribution < 1.29 is 5.11 Å². The molecule has 4 nitrogen and oxygen atoms in total. The van der Waals surface area contributed by atoms with E-state index in [1.165, 1.54) is 5.56 Å². The molecule has 0 bridgehead atoms. The first-order valence-electron chi connectivity index (χ1n) is 5.57. The van der Waals surface area contributed by atoms with Crippen molar-refractivity contribution in [1.82, 2.24) is 15.1 Å².